The second-order valence-corrected chi connectivity index (χ2v) is 4.60. The lowest BCUT2D eigenvalue weighted by molar-refractivity contribution is -0.137. The van der Waals surface area contributed by atoms with E-state index in [4.69, 9.17) is 5.11 Å². The second kappa shape index (κ2) is 4.39. The third-order valence-corrected chi connectivity index (χ3v) is 2.71. The first kappa shape index (κ1) is 11.6. The highest BCUT2D eigenvalue weighted by Crippen LogP contribution is 2.17. The number of carbonyl (C=O) groups is 2. The molecular weight excluding hydrogens is 216 g/mol. The Balaban J connectivity index is 2.84. The summed E-state index contributed by atoms with van der Waals surface area (Å²) in [6.07, 6.45) is 0. The van der Waals surface area contributed by atoms with Crippen LogP contribution >= 0.6 is 11.3 Å². The SMILES string of the molecule is Cc1nc(C(=O)N(C)CC(=O)O)c(C)s1. The largest absolute Gasteiger partial charge is 0.480 e. The number of hydrogen-bond acceptors (Lipinski definition) is 4. The zero-order valence-corrected chi connectivity index (χ0v) is 9.59. The summed E-state index contributed by atoms with van der Waals surface area (Å²) >= 11 is 1.43. The van der Waals surface area contributed by atoms with Crippen molar-refractivity contribution in [3.05, 3.63) is 15.6 Å². The molecule has 15 heavy (non-hydrogen) atoms. The Morgan fingerprint density at radius 1 is 1.47 bits per heavy atom. The average Bonchev–Trinajstić information content (AvgIpc) is 2.42. The van der Waals surface area contributed by atoms with E-state index in [1.54, 1.807) is 6.92 Å². The van der Waals surface area contributed by atoms with Crippen LogP contribution in [0.5, 0.6) is 0 Å². The molecule has 0 saturated carbocycles. The summed E-state index contributed by atoms with van der Waals surface area (Å²) in [6.45, 7) is 3.30. The highest BCUT2D eigenvalue weighted by Gasteiger charge is 2.19. The van der Waals surface area contributed by atoms with Gasteiger partial charge < -0.3 is 10.0 Å². The van der Waals surface area contributed by atoms with E-state index < -0.39 is 5.97 Å². The smallest absolute Gasteiger partial charge is 0.323 e. The van der Waals surface area contributed by atoms with Crippen LogP contribution in [0.3, 0.4) is 0 Å². The number of likely N-dealkylation sites (N-methyl/N-ethyl adjacent to an activating group) is 1. The summed E-state index contributed by atoms with van der Waals surface area (Å²) in [7, 11) is 1.45. The Morgan fingerprint density at radius 2 is 2.07 bits per heavy atom. The molecule has 0 aromatic carbocycles. The maximum Gasteiger partial charge on any atom is 0.323 e. The number of amides is 1. The number of carbonyl (C=O) groups excluding carboxylic acids is 1. The van der Waals surface area contributed by atoms with Crippen LogP contribution in [0.15, 0.2) is 0 Å². The number of thiazole rings is 1. The molecule has 0 fully saturated rings. The minimum atomic E-state index is -1.03. The molecule has 82 valence electrons. The third kappa shape index (κ3) is 2.76. The summed E-state index contributed by atoms with van der Waals surface area (Å²) in [6, 6.07) is 0. The van der Waals surface area contributed by atoms with E-state index in [0.717, 1.165) is 14.8 Å². The maximum absolute atomic E-state index is 11.7. The number of hydrogen-bond donors (Lipinski definition) is 1. The number of nitrogens with zero attached hydrogens (tertiary/aromatic N) is 2. The topological polar surface area (TPSA) is 70.5 Å². The highest BCUT2D eigenvalue weighted by molar-refractivity contribution is 7.11. The van der Waals surface area contributed by atoms with Gasteiger partial charge in [0.25, 0.3) is 5.91 Å². The minimum Gasteiger partial charge on any atom is -0.480 e. The van der Waals surface area contributed by atoms with Gasteiger partial charge in [-0.3, -0.25) is 9.59 Å². The molecule has 0 spiro atoms. The van der Waals surface area contributed by atoms with Crippen LogP contribution < -0.4 is 0 Å². The lowest BCUT2D eigenvalue weighted by Gasteiger charge is -2.12. The van der Waals surface area contributed by atoms with Gasteiger partial charge in [-0.1, -0.05) is 0 Å². The predicted molar refractivity (Wildman–Crippen MR) is 56.2 cm³/mol. The van der Waals surface area contributed by atoms with Gasteiger partial charge >= 0.3 is 5.97 Å². The van der Waals surface area contributed by atoms with Crippen LogP contribution in [0.25, 0.3) is 0 Å². The van der Waals surface area contributed by atoms with Gasteiger partial charge in [0.1, 0.15) is 12.2 Å². The molecule has 0 saturated heterocycles. The first-order chi connectivity index (χ1) is 6.91. The van der Waals surface area contributed by atoms with Crippen molar-refractivity contribution in [1.82, 2.24) is 9.88 Å². The first-order valence-corrected chi connectivity index (χ1v) is 5.14. The van der Waals surface area contributed by atoms with E-state index in [1.165, 1.54) is 18.4 Å². The Bertz CT molecular complexity index is 400. The Morgan fingerprint density at radius 3 is 2.47 bits per heavy atom. The van der Waals surface area contributed by atoms with Crippen molar-refractivity contribution in [3.8, 4) is 0 Å². The molecule has 6 heteroatoms. The zero-order valence-electron chi connectivity index (χ0n) is 8.77. The number of aromatic nitrogens is 1. The van der Waals surface area contributed by atoms with Crippen LogP contribution in [-0.4, -0.2) is 40.5 Å². The number of aryl methyl sites for hydroxylation is 2. The molecule has 1 heterocycles. The molecule has 0 aliphatic rings. The van der Waals surface area contributed by atoms with Crippen LogP contribution in [-0.2, 0) is 4.79 Å². The molecule has 5 nitrogen and oxygen atoms in total. The van der Waals surface area contributed by atoms with Gasteiger partial charge in [-0.05, 0) is 13.8 Å². The average molecular weight is 228 g/mol. The fraction of sp³-hybridized carbons (Fsp3) is 0.444. The summed E-state index contributed by atoms with van der Waals surface area (Å²) in [5.41, 5.74) is 0.348. The molecule has 0 aliphatic heterocycles. The molecule has 0 atom stereocenters. The Kier molecular flexibility index (Phi) is 3.41. The standard InChI is InChI=1S/C9H12N2O3S/c1-5-8(10-6(2)15-5)9(14)11(3)4-7(12)13/h4H2,1-3H3,(H,12,13). The molecule has 1 N–H and O–H groups in total. The van der Waals surface area contributed by atoms with E-state index in [0.29, 0.717) is 5.69 Å². The van der Waals surface area contributed by atoms with Crippen molar-refractivity contribution >= 4 is 23.2 Å². The summed E-state index contributed by atoms with van der Waals surface area (Å²) in [4.78, 5) is 28.2. The highest BCUT2D eigenvalue weighted by atomic mass is 32.1. The molecule has 1 amide bonds. The molecule has 1 aromatic heterocycles. The van der Waals surface area contributed by atoms with Crippen molar-refractivity contribution in [2.75, 3.05) is 13.6 Å². The van der Waals surface area contributed by atoms with Crippen molar-refractivity contribution < 1.29 is 14.7 Å². The zero-order chi connectivity index (χ0) is 11.6. The lowest BCUT2D eigenvalue weighted by atomic mass is 10.3. The summed E-state index contributed by atoms with van der Waals surface area (Å²) < 4.78 is 0. The van der Waals surface area contributed by atoms with E-state index in [2.05, 4.69) is 4.98 Å². The van der Waals surface area contributed by atoms with Gasteiger partial charge in [0.05, 0.1) is 5.01 Å². The number of carboxylic acid groups (broad SMARTS) is 1. The number of carboxylic acids is 1. The van der Waals surface area contributed by atoms with Crippen molar-refractivity contribution in [1.29, 1.82) is 0 Å². The molecule has 0 unspecified atom stereocenters. The fourth-order valence-electron chi connectivity index (χ4n) is 1.18. The van der Waals surface area contributed by atoms with Gasteiger partial charge in [-0.25, -0.2) is 4.98 Å². The van der Waals surface area contributed by atoms with Crippen molar-refractivity contribution in [2.45, 2.75) is 13.8 Å². The fourth-order valence-corrected chi connectivity index (χ4v) is 1.99. The van der Waals surface area contributed by atoms with Crippen LogP contribution in [0.2, 0.25) is 0 Å². The van der Waals surface area contributed by atoms with E-state index in [-0.39, 0.29) is 12.5 Å². The molecule has 1 aromatic rings. The van der Waals surface area contributed by atoms with Crippen LogP contribution in [0, 0.1) is 13.8 Å². The number of rotatable bonds is 3. The van der Waals surface area contributed by atoms with Gasteiger partial charge in [0.2, 0.25) is 0 Å². The van der Waals surface area contributed by atoms with Gasteiger partial charge in [-0.2, -0.15) is 0 Å². The van der Waals surface area contributed by atoms with Crippen LogP contribution in [0.4, 0.5) is 0 Å². The minimum absolute atomic E-state index is 0.311. The van der Waals surface area contributed by atoms with Crippen molar-refractivity contribution in [3.63, 3.8) is 0 Å². The quantitative estimate of drug-likeness (QED) is 0.835. The third-order valence-electron chi connectivity index (χ3n) is 1.83. The summed E-state index contributed by atoms with van der Waals surface area (Å²) in [5, 5.41) is 9.35. The van der Waals surface area contributed by atoms with Crippen molar-refractivity contribution in [2.24, 2.45) is 0 Å². The predicted octanol–water partition coefficient (Wildman–Crippen LogP) is 0.917. The maximum atomic E-state index is 11.7. The lowest BCUT2D eigenvalue weighted by Crippen LogP contribution is -2.32. The van der Waals surface area contributed by atoms with E-state index >= 15 is 0 Å². The van der Waals surface area contributed by atoms with Gasteiger partial charge in [-0.15, -0.1) is 11.3 Å². The van der Waals surface area contributed by atoms with E-state index in [9.17, 15) is 9.59 Å². The molecule has 0 bridgehead atoms. The number of aliphatic carboxylic acids is 1. The van der Waals surface area contributed by atoms with Gasteiger partial charge in [0.15, 0.2) is 0 Å². The second-order valence-electron chi connectivity index (χ2n) is 3.19. The van der Waals surface area contributed by atoms with Crippen LogP contribution in [0.1, 0.15) is 20.4 Å². The molecule has 0 radical (unpaired) electrons. The monoisotopic (exact) mass is 228 g/mol. The molecule has 0 aliphatic carbocycles. The molecular formula is C9H12N2O3S. The Labute approximate surface area is 91.4 Å². The normalized spacial score (nSPS) is 10.1. The van der Waals surface area contributed by atoms with E-state index in [1.807, 2.05) is 6.92 Å². The molecule has 1 rings (SSSR count). The Hall–Kier alpha value is -1.43. The van der Waals surface area contributed by atoms with Gasteiger partial charge in [0, 0.05) is 11.9 Å². The first-order valence-electron chi connectivity index (χ1n) is 4.33. The summed E-state index contributed by atoms with van der Waals surface area (Å²) in [5.74, 6) is -1.38.